The highest BCUT2D eigenvalue weighted by Gasteiger charge is 2.15. The Morgan fingerprint density at radius 3 is 2.20 bits per heavy atom. The summed E-state index contributed by atoms with van der Waals surface area (Å²) in [7, 11) is 0. The third-order valence-corrected chi connectivity index (χ3v) is 5.94. The van der Waals surface area contributed by atoms with Gasteiger partial charge in [-0.25, -0.2) is 9.97 Å². The number of anilines is 1. The van der Waals surface area contributed by atoms with Crippen molar-refractivity contribution in [1.29, 1.82) is 0 Å². The first-order valence-corrected chi connectivity index (χ1v) is 11.5. The van der Waals surface area contributed by atoms with Crippen LogP contribution >= 0.6 is 0 Å². The molecule has 2 heterocycles. The van der Waals surface area contributed by atoms with Gasteiger partial charge in [0.25, 0.3) is 0 Å². The number of aryl methyl sites for hydroxylation is 1. The minimum atomic E-state index is -0.0681. The highest BCUT2D eigenvalue weighted by Crippen LogP contribution is 2.28. The number of hydrogen-bond donors (Lipinski definition) is 1. The number of rotatable bonds is 6. The number of nitrogens with zero attached hydrogens (tertiary/aromatic N) is 3. The van der Waals surface area contributed by atoms with Gasteiger partial charge in [-0.05, 0) is 54.6 Å². The van der Waals surface area contributed by atoms with Gasteiger partial charge in [-0.1, -0.05) is 48.5 Å². The Balaban J connectivity index is 1.20. The summed E-state index contributed by atoms with van der Waals surface area (Å²) >= 11 is 0. The largest absolute Gasteiger partial charge is 0.457 e. The third kappa shape index (κ3) is 4.17. The van der Waals surface area contributed by atoms with Gasteiger partial charge in [-0.2, -0.15) is 0 Å². The van der Waals surface area contributed by atoms with E-state index in [2.05, 4.69) is 16.0 Å². The van der Waals surface area contributed by atoms with Crippen LogP contribution in [0.2, 0.25) is 0 Å². The van der Waals surface area contributed by atoms with Crippen molar-refractivity contribution < 1.29 is 9.53 Å². The first-order valence-electron chi connectivity index (χ1n) is 11.5. The molecule has 0 spiro atoms. The molecule has 0 aliphatic heterocycles. The predicted octanol–water partition coefficient (Wildman–Crippen LogP) is 6.56. The number of fused-ring (bicyclic) bond motifs is 4. The van der Waals surface area contributed by atoms with Crippen LogP contribution in [0.1, 0.15) is 6.42 Å². The average molecular weight is 459 g/mol. The fraction of sp³-hybridized carbons (Fsp3) is 0.0690. The second-order valence-corrected chi connectivity index (χ2v) is 8.29. The van der Waals surface area contributed by atoms with Crippen LogP contribution in [0, 0.1) is 0 Å². The third-order valence-electron chi connectivity index (χ3n) is 5.94. The lowest BCUT2D eigenvalue weighted by Crippen LogP contribution is -2.14. The minimum Gasteiger partial charge on any atom is -0.457 e. The summed E-state index contributed by atoms with van der Waals surface area (Å²) in [5, 5.41) is 4.01. The van der Waals surface area contributed by atoms with Crippen molar-refractivity contribution in [3.63, 3.8) is 0 Å². The van der Waals surface area contributed by atoms with Gasteiger partial charge in [0.1, 0.15) is 17.0 Å². The lowest BCUT2D eigenvalue weighted by Gasteiger charge is -2.09. The van der Waals surface area contributed by atoms with E-state index in [1.807, 2.05) is 97.1 Å². The Kier molecular flexibility index (Phi) is 5.31. The van der Waals surface area contributed by atoms with Crippen molar-refractivity contribution in [2.75, 3.05) is 5.32 Å². The molecule has 4 aromatic carbocycles. The number of aromatic nitrogens is 3. The normalized spacial score (nSPS) is 11.2. The summed E-state index contributed by atoms with van der Waals surface area (Å²) < 4.78 is 7.90. The molecule has 0 saturated heterocycles. The van der Waals surface area contributed by atoms with Gasteiger partial charge in [0, 0.05) is 24.0 Å². The molecule has 0 radical (unpaired) electrons. The minimum absolute atomic E-state index is 0.0681. The molecule has 0 bridgehead atoms. The smallest absolute Gasteiger partial charge is 0.226 e. The van der Waals surface area contributed by atoms with Crippen LogP contribution in [0.5, 0.6) is 11.5 Å². The second kappa shape index (κ2) is 8.91. The Morgan fingerprint density at radius 2 is 1.40 bits per heavy atom. The van der Waals surface area contributed by atoms with Crippen LogP contribution < -0.4 is 10.1 Å². The van der Waals surface area contributed by atoms with E-state index in [4.69, 9.17) is 14.7 Å². The first kappa shape index (κ1) is 20.9. The summed E-state index contributed by atoms with van der Waals surface area (Å²) in [4.78, 5) is 22.5. The van der Waals surface area contributed by atoms with E-state index < -0.39 is 0 Å². The predicted molar refractivity (Wildman–Crippen MR) is 139 cm³/mol. The van der Waals surface area contributed by atoms with Crippen molar-refractivity contribution >= 4 is 44.7 Å². The van der Waals surface area contributed by atoms with Crippen molar-refractivity contribution in [3.8, 4) is 11.5 Å². The molecule has 170 valence electrons. The fourth-order valence-electron chi connectivity index (χ4n) is 4.28. The van der Waals surface area contributed by atoms with Crippen molar-refractivity contribution in [2.24, 2.45) is 0 Å². The van der Waals surface area contributed by atoms with Gasteiger partial charge in [0.2, 0.25) is 5.91 Å². The van der Waals surface area contributed by atoms with E-state index >= 15 is 0 Å². The van der Waals surface area contributed by atoms with Crippen LogP contribution in [-0.2, 0) is 11.3 Å². The van der Waals surface area contributed by atoms with Crippen LogP contribution in [-0.4, -0.2) is 20.4 Å². The number of benzene rings is 4. The Bertz CT molecular complexity index is 1660. The Morgan fingerprint density at radius 1 is 0.743 bits per heavy atom. The molecule has 1 amide bonds. The number of ether oxygens (including phenoxy) is 1. The maximum absolute atomic E-state index is 12.8. The standard InChI is InChI=1S/C29H22N4O2/c34-27(30-20-14-16-22(17-15-20)35-21-8-2-1-3-9-21)18-19-33-26-13-7-4-10-23(26)28-29(33)32-25-12-6-5-11-24(25)31-28/h1-17H,18-19H2,(H,30,34). The van der Waals surface area contributed by atoms with Gasteiger partial charge in [-0.3, -0.25) is 4.79 Å². The highest BCUT2D eigenvalue weighted by molar-refractivity contribution is 6.06. The quantitative estimate of drug-likeness (QED) is 0.307. The molecule has 35 heavy (non-hydrogen) atoms. The Labute approximate surface area is 201 Å². The van der Waals surface area contributed by atoms with E-state index in [9.17, 15) is 4.79 Å². The topological polar surface area (TPSA) is 69.0 Å². The lowest BCUT2D eigenvalue weighted by molar-refractivity contribution is -0.116. The summed E-state index contributed by atoms with van der Waals surface area (Å²) in [5.74, 6) is 1.41. The van der Waals surface area contributed by atoms with E-state index in [0.717, 1.165) is 44.5 Å². The monoisotopic (exact) mass is 458 g/mol. The number of carbonyl (C=O) groups excluding carboxylic acids is 1. The average Bonchev–Trinajstić information content (AvgIpc) is 3.20. The lowest BCUT2D eigenvalue weighted by atomic mass is 10.2. The zero-order valence-corrected chi connectivity index (χ0v) is 18.9. The molecular weight excluding hydrogens is 436 g/mol. The van der Waals surface area contributed by atoms with Gasteiger partial charge in [0.15, 0.2) is 5.65 Å². The second-order valence-electron chi connectivity index (χ2n) is 8.29. The van der Waals surface area contributed by atoms with Crippen LogP contribution in [0.3, 0.4) is 0 Å². The molecule has 0 saturated carbocycles. The van der Waals surface area contributed by atoms with E-state index in [-0.39, 0.29) is 5.91 Å². The molecule has 6 rings (SSSR count). The zero-order valence-electron chi connectivity index (χ0n) is 18.9. The van der Waals surface area contributed by atoms with Gasteiger partial charge in [-0.15, -0.1) is 0 Å². The first-order chi connectivity index (χ1) is 17.2. The van der Waals surface area contributed by atoms with Crippen LogP contribution in [0.4, 0.5) is 5.69 Å². The molecule has 0 aliphatic rings. The highest BCUT2D eigenvalue weighted by atomic mass is 16.5. The van der Waals surface area contributed by atoms with Crippen molar-refractivity contribution in [1.82, 2.24) is 14.5 Å². The van der Waals surface area contributed by atoms with Gasteiger partial charge in [0.05, 0.1) is 16.6 Å². The molecule has 0 atom stereocenters. The molecule has 6 heteroatoms. The zero-order chi connectivity index (χ0) is 23.6. The van der Waals surface area contributed by atoms with Crippen LogP contribution in [0.25, 0.3) is 33.1 Å². The summed E-state index contributed by atoms with van der Waals surface area (Å²) in [6.45, 7) is 0.498. The summed E-state index contributed by atoms with van der Waals surface area (Å²) in [6.07, 6.45) is 0.310. The molecule has 0 aliphatic carbocycles. The number of nitrogens with one attached hydrogen (secondary N) is 1. The number of hydrogen-bond acceptors (Lipinski definition) is 4. The Hall–Kier alpha value is -4.71. The van der Waals surface area contributed by atoms with Crippen molar-refractivity contribution in [3.05, 3.63) is 103 Å². The summed E-state index contributed by atoms with van der Waals surface area (Å²) in [5.41, 5.74) is 5.09. The van der Waals surface area contributed by atoms with E-state index in [0.29, 0.717) is 18.7 Å². The number of carbonyl (C=O) groups is 1. The number of para-hydroxylation sites is 4. The van der Waals surface area contributed by atoms with E-state index in [1.165, 1.54) is 0 Å². The molecule has 6 nitrogen and oxygen atoms in total. The maximum atomic E-state index is 12.8. The van der Waals surface area contributed by atoms with Crippen molar-refractivity contribution in [2.45, 2.75) is 13.0 Å². The van der Waals surface area contributed by atoms with Crippen LogP contribution in [0.15, 0.2) is 103 Å². The summed E-state index contributed by atoms with van der Waals surface area (Å²) in [6, 6.07) is 32.9. The van der Waals surface area contributed by atoms with Gasteiger partial charge < -0.3 is 14.6 Å². The molecule has 1 N–H and O–H groups in total. The fourth-order valence-corrected chi connectivity index (χ4v) is 4.28. The molecule has 6 aromatic rings. The maximum Gasteiger partial charge on any atom is 0.226 e. The van der Waals surface area contributed by atoms with Gasteiger partial charge >= 0.3 is 0 Å². The molecular formula is C29H22N4O2. The SMILES string of the molecule is O=C(CCn1c2ccccc2c2nc3ccccc3nc21)Nc1ccc(Oc2ccccc2)cc1. The van der Waals surface area contributed by atoms with E-state index in [1.54, 1.807) is 0 Å². The number of amides is 1. The molecule has 0 fully saturated rings. The molecule has 0 unspecified atom stereocenters. The molecule has 2 aromatic heterocycles.